The average Bonchev–Trinajstić information content (AvgIpc) is 2.32. The predicted molar refractivity (Wildman–Crippen MR) is 70.8 cm³/mol. The van der Waals surface area contributed by atoms with Crippen LogP contribution in [0.5, 0.6) is 5.88 Å². The van der Waals surface area contributed by atoms with Crippen molar-refractivity contribution in [3.8, 4) is 5.88 Å². The lowest BCUT2D eigenvalue weighted by Crippen LogP contribution is -2.15. The molecule has 0 radical (unpaired) electrons. The van der Waals surface area contributed by atoms with Crippen molar-refractivity contribution in [3.63, 3.8) is 0 Å². The van der Waals surface area contributed by atoms with Gasteiger partial charge in [-0.15, -0.1) is 0 Å². The number of carbonyl (C=O) groups is 1. The Morgan fingerprint density at radius 1 is 1.32 bits per heavy atom. The van der Waals surface area contributed by atoms with Crippen LogP contribution in [0.25, 0.3) is 0 Å². The molecule has 5 nitrogen and oxygen atoms in total. The van der Waals surface area contributed by atoms with Crippen LogP contribution in [0.15, 0.2) is 39.6 Å². The highest BCUT2D eigenvalue weighted by molar-refractivity contribution is 9.10. The number of pyridine rings is 1. The van der Waals surface area contributed by atoms with Crippen molar-refractivity contribution in [2.24, 2.45) is 0 Å². The summed E-state index contributed by atoms with van der Waals surface area (Å²) >= 11 is 2.99. The van der Waals surface area contributed by atoms with Gasteiger partial charge in [0.2, 0.25) is 0 Å². The fraction of sp³-hybridized carbons (Fsp3) is 0. The third-order valence-electron chi connectivity index (χ3n) is 2.27. The van der Waals surface area contributed by atoms with Crippen LogP contribution in [0.3, 0.4) is 0 Å². The predicted octanol–water partition coefficient (Wildman–Crippen LogP) is 2.23. The molecule has 1 aromatic carbocycles. The van der Waals surface area contributed by atoms with E-state index < -0.39 is 23.2 Å². The number of halogens is 2. The lowest BCUT2D eigenvalue weighted by atomic mass is 10.2. The van der Waals surface area contributed by atoms with Crippen molar-refractivity contribution < 1.29 is 14.3 Å². The summed E-state index contributed by atoms with van der Waals surface area (Å²) in [5, 5.41) is 11.6. The summed E-state index contributed by atoms with van der Waals surface area (Å²) in [4.78, 5) is 25.0. The summed E-state index contributed by atoms with van der Waals surface area (Å²) in [6.45, 7) is 0. The van der Waals surface area contributed by atoms with E-state index in [0.717, 1.165) is 18.2 Å². The summed E-state index contributed by atoms with van der Waals surface area (Å²) in [5.41, 5.74) is -0.387. The van der Waals surface area contributed by atoms with Gasteiger partial charge in [0, 0.05) is 17.8 Å². The van der Waals surface area contributed by atoms with E-state index in [9.17, 15) is 19.1 Å². The van der Waals surface area contributed by atoms with Gasteiger partial charge in [-0.2, -0.15) is 0 Å². The Balaban J connectivity index is 2.25. The number of aromatic nitrogens is 1. The zero-order chi connectivity index (χ0) is 14.0. The number of rotatable bonds is 2. The number of aromatic amines is 1. The Morgan fingerprint density at radius 2 is 2.05 bits per heavy atom. The number of hydrogen-bond acceptors (Lipinski definition) is 3. The summed E-state index contributed by atoms with van der Waals surface area (Å²) < 4.78 is 13.5. The third kappa shape index (κ3) is 3.19. The molecule has 0 aliphatic rings. The number of amides is 1. The van der Waals surface area contributed by atoms with E-state index in [-0.39, 0.29) is 15.7 Å². The first-order chi connectivity index (χ1) is 8.95. The zero-order valence-corrected chi connectivity index (χ0v) is 11.0. The molecule has 0 unspecified atom stereocenters. The molecule has 0 aliphatic carbocycles. The number of aromatic hydroxyl groups is 1. The second-order valence-corrected chi connectivity index (χ2v) is 4.56. The second kappa shape index (κ2) is 5.23. The molecule has 19 heavy (non-hydrogen) atoms. The van der Waals surface area contributed by atoms with Crippen molar-refractivity contribution in [2.75, 3.05) is 5.32 Å². The van der Waals surface area contributed by atoms with Gasteiger partial charge in [-0.25, -0.2) is 4.39 Å². The highest BCUT2D eigenvalue weighted by atomic mass is 79.9. The monoisotopic (exact) mass is 326 g/mol. The molecule has 0 atom stereocenters. The molecule has 0 aliphatic heterocycles. The normalized spacial score (nSPS) is 10.2. The first kappa shape index (κ1) is 13.3. The maximum absolute atomic E-state index is 13.3. The van der Waals surface area contributed by atoms with Crippen LogP contribution in [0.1, 0.15) is 10.4 Å². The van der Waals surface area contributed by atoms with Gasteiger partial charge in [-0.3, -0.25) is 14.6 Å². The van der Waals surface area contributed by atoms with Crippen molar-refractivity contribution in [1.29, 1.82) is 0 Å². The minimum atomic E-state index is -0.622. The van der Waals surface area contributed by atoms with Crippen molar-refractivity contribution >= 4 is 27.5 Å². The fourth-order valence-electron chi connectivity index (χ4n) is 1.44. The van der Waals surface area contributed by atoms with Crippen molar-refractivity contribution in [2.45, 2.75) is 0 Å². The summed E-state index contributed by atoms with van der Waals surface area (Å²) in [7, 11) is 0. The Morgan fingerprint density at radius 3 is 2.68 bits per heavy atom. The van der Waals surface area contributed by atoms with Gasteiger partial charge in [0.25, 0.3) is 11.5 Å². The largest absolute Gasteiger partial charge is 0.494 e. The molecular weight excluding hydrogens is 319 g/mol. The first-order valence-corrected chi connectivity index (χ1v) is 5.95. The molecule has 0 saturated heterocycles. The van der Waals surface area contributed by atoms with Gasteiger partial charge in [0.05, 0.1) is 10.0 Å². The Bertz CT molecular complexity index is 700. The number of carbonyl (C=O) groups excluding carboxylic acids is 1. The quantitative estimate of drug-likeness (QED) is 0.791. The first-order valence-electron chi connectivity index (χ1n) is 5.15. The van der Waals surface area contributed by atoms with Gasteiger partial charge in [0.15, 0.2) is 5.88 Å². The molecule has 2 aromatic rings. The van der Waals surface area contributed by atoms with E-state index in [1.165, 1.54) is 12.1 Å². The molecule has 0 fully saturated rings. The lowest BCUT2D eigenvalue weighted by molar-refractivity contribution is 0.102. The smallest absolute Gasteiger partial charge is 0.256 e. The van der Waals surface area contributed by atoms with Gasteiger partial charge in [-0.1, -0.05) is 0 Å². The Kier molecular flexibility index (Phi) is 3.66. The second-order valence-electron chi connectivity index (χ2n) is 3.70. The molecule has 1 aromatic heterocycles. The van der Waals surface area contributed by atoms with Crippen LogP contribution in [0.4, 0.5) is 10.1 Å². The molecule has 3 N–H and O–H groups in total. The summed E-state index contributed by atoms with van der Waals surface area (Å²) in [6, 6.07) is 6.21. The van der Waals surface area contributed by atoms with Crippen LogP contribution in [0.2, 0.25) is 0 Å². The summed E-state index contributed by atoms with van der Waals surface area (Å²) in [5.74, 6) is -1.56. The molecule has 0 bridgehead atoms. The number of benzene rings is 1. The van der Waals surface area contributed by atoms with Crippen LogP contribution in [0, 0.1) is 5.82 Å². The number of nitrogens with one attached hydrogen (secondary N) is 2. The van der Waals surface area contributed by atoms with E-state index >= 15 is 0 Å². The maximum atomic E-state index is 13.3. The standard InChI is InChI=1S/C12H8BrFN2O3/c13-8-2-1-7(5-9(8)14)15-12(19)6-3-10(17)16-11(18)4-6/h1-5H,(H,15,19)(H2,16,17,18). The Hall–Kier alpha value is -2.15. The number of hydrogen-bond donors (Lipinski definition) is 3. The van der Waals surface area contributed by atoms with Crippen LogP contribution in [-0.4, -0.2) is 16.0 Å². The third-order valence-corrected chi connectivity index (χ3v) is 2.91. The van der Waals surface area contributed by atoms with Crippen LogP contribution >= 0.6 is 15.9 Å². The highest BCUT2D eigenvalue weighted by Crippen LogP contribution is 2.19. The van der Waals surface area contributed by atoms with E-state index in [4.69, 9.17) is 0 Å². The van der Waals surface area contributed by atoms with Crippen molar-refractivity contribution in [1.82, 2.24) is 4.98 Å². The average molecular weight is 327 g/mol. The number of H-pyrrole nitrogens is 1. The molecule has 0 saturated carbocycles. The minimum Gasteiger partial charge on any atom is -0.494 e. The van der Waals surface area contributed by atoms with E-state index in [0.29, 0.717) is 0 Å². The molecule has 2 rings (SSSR count). The van der Waals surface area contributed by atoms with Crippen LogP contribution in [-0.2, 0) is 0 Å². The van der Waals surface area contributed by atoms with E-state index in [2.05, 4.69) is 26.2 Å². The maximum Gasteiger partial charge on any atom is 0.256 e. The van der Waals surface area contributed by atoms with Gasteiger partial charge >= 0.3 is 0 Å². The highest BCUT2D eigenvalue weighted by Gasteiger charge is 2.09. The molecular formula is C12H8BrFN2O3. The molecule has 7 heteroatoms. The molecule has 0 spiro atoms. The van der Waals surface area contributed by atoms with Gasteiger partial charge < -0.3 is 10.4 Å². The molecule has 1 amide bonds. The van der Waals surface area contributed by atoms with Crippen LogP contribution < -0.4 is 10.9 Å². The van der Waals surface area contributed by atoms with Crippen molar-refractivity contribution in [3.05, 3.63) is 56.5 Å². The SMILES string of the molecule is O=C(Nc1ccc(Br)c(F)c1)c1cc(O)[nH]c(=O)c1. The molecule has 98 valence electrons. The van der Waals surface area contributed by atoms with Gasteiger partial charge in [0.1, 0.15) is 5.82 Å². The molecule has 1 heterocycles. The van der Waals surface area contributed by atoms with Gasteiger partial charge in [-0.05, 0) is 34.1 Å². The number of anilines is 1. The van der Waals surface area contributed by atoms with E-state index in [1.807, 2.05) is 0 Å². The van der Waals surface area contributed by atoms with E-state index in [1.54, 1.807) is 0 Å². The topological polar surface area (TPSA) is 82.2 Å². The lowest BCUT2D eigenvalue weighted by Gasteiger charge is -2.06. The summed E-state index contributed by atoms with van der Waals surface area (Å²) in [6.07, 6.45) is 0. The Labute approximate surface area is 115 Å². The minimum absolute atomic E-state index is 0.0235. The fourth-order valence-corrected chi connectivity index (χ4v) is 1.68. The zero-order valence-electron chi connectivity index (χ0n) is 9.41.